The highest BCUT2D eigenvalue weighted by Crippen LogP contribution is 2.46. The summed E-state index contributed by atoms with van der Waals surface area (Å²) < 4.78 is 0. The van der Waals surface area contributed by atoms with Gasteiger partial charge >= 0.3 is 0 Å². The summed E-state index contributed by atoms with van der Waals surface area (Å²) in [6.45, 7) is 0. The van der Waals surface area contributed by atoms with Crippen LogP contribution >= 0.6 is 0 Å². The van der Waals surface area contributed by atoms with Gasteiger partial charge in [0.25, 0.3) is 5.91 Å². The minimum atomic E-state index is -0.743. The molecular weight excluding hydrogens is 512 g/mol. The van der Waals surface area contributed by atoms with E-state index in [2.05, 4.69) is 21.7 Å². The molecule has 0 saturated heterocycles. The Morgan fingerprint density at radius 3 is 2.46 bits per heavy atom. The second-order valence-corrected chi connectivity index (χ2v) is 11.6. The van der Waals surface area contributed by atoms with Gasteiger partial charge in [-0.15, -0.1) is 0 Å². The van der Waals surface area contributed by atoms with Crippen molar-refractivity contribution in [2.45, 2.75) is 69.1 Å². The molecule has 3 aromatic carbocycles. The van der Waals surface area contributed by atoms with E-state index in [0.717, 1.165) is 59.0 Å². The maximum atomic E-state index is 14.2. The van der Waals surface area contributed by atoms with Crippen molar-refractivity contribution in [3.63, 3.8) is 0 Å². The summed E-state index contributed by atoms with van der Waals surface area (Å²) in [5, 5.41) is 7.38. The number of hydrogen-bond donors (Lipinski definition) is 3. The van der Waals surface area contributed by atoms with E-state index in [1.54, 1.807) is 4.90 Å². The molecule has 41 heavy (non-hydrogen) atoms. The van der Waals surface area contributed by atoms with Gasteiger partial charge in [0, 0.05) is 41.0 Å². The zero-order chi connectivity index (χ0) is 27.9. The lowest BCUT2D eigenvalue weighted by Crippen LogP contribution is -2.57. The van der Waals surface area contributed by atoms with Crippen molar-refractivity contribution >= 4 is 28.6 Å². The Balaban J connectivity index is 1.22. The van der Waals surface area contributed by atoms with Crippen molar-refractivity contribution in [2.24, 2.45) is 0 Å². The van der Waals surface area contributed by atoms with Crippen molar-refractivity contribution in [2.75, 3.05) is 0 Å². The van der Waals surface area contributed by atoms with Gasteiger partial charge in [0.1, 0.15) is 12.1 Å². The van der Waals surface area contributed by atoms with Crippen LogP contribution in [0.2, 0.25) is 0 Å². The van der Waals surface area contributed by atoms with Gasteiger partial charge < -0.3 is 20.5 Å². The summed E-state index contributed by atoms with van der Waals surface area (Å²) in [5.41, 5.74) is 5.50. The van der Waals surface area contributed by atoms with Gasteiger partial charge in [-0.25, -0.2) is 0 Å². The molecule has 7 heteroatoms. The van der Waals surface area contributed by atoms with Crippen molar-refractivity contribution in [1.29, 1.82) is 0 Å². The second-order valence-electron chi connectivity index (χ2n) is 11.6. The first-order valence-corrected chi connectivity index (χ1v) is 14.7. The normalized spacial score (nSPS) is 20.7. The van der Waals surface area contributed by atoms with E-state index in [1.165, 1.54) is 6.42 Å². The average molecular weight is 547 g/mol. The van der Waals surface area contributed by atoms with Crippen LogP contribution in [-0.4, -0.2) is 45.7 Å². The van der Waals surface area contributed by atoms with Gasteiger partial charge in [0.05, 0.1) is 6.04 Å². The Morgan fingerprint density at radius 2 is 1.63 bits per heavy atom. The van der Waals surface area contributed by atoms with E-state index in [9.17, 15) is 14.4 Å². The highest BCUT2D eigenvalue weighted by Gasteiger charge is 2.49. The molecule has 208 valence electrons. The molecular formula is C34H34N4O3. The summed E-state index contributed by atoms with van der Waals surface area (Å²) in [6, 6.07) is 23.7. The van der Waals surface area contributed by atoms with Crippen molar-refractivity contribution < 1.29 is 14.4 Å². The van der Waals surface area contributed by atoms with Crippen molar-refractivity contribution in [3.05, 3.63) is 107 Å². The van der Waals surface area contributed by atoms with Crippen molar-refractivity contribution in [3.8, 4) is 0 Å². The predicted molar refractivity (Wildman–Crippen MR) is 157 cm³/mol. The first-order chi connectivity index (χ1) is 20.1. The minimum Gasteiger partial charge on any atom is -0.356 e. The lowest BCUT2D eigenvalue weighted by atomic mass is 9.89. The Kier molecular flexibility index (Phi) is 6.57. The van der Waals surface area contributed by atoms with E-state index < -0.39 is 12.1 Å². The Hall–Kier alpha value is -4.39. The van der Waals surface area contributed by atoms with Gasteiger partial charge in [-0.2, -0.15) is 0 Å². The van der Waals surface area contributed by atoms with Crippen LogP contribution in [0, 0.1) is 0 Å². The fraction of sp³-hybridized carbons (Fsp3) is 0.324. The summed E-state index contributed by atoms with van der Waals surface area (Å²) in [5.74, 6) is -0.613. The molecule has 1 aliphatic carbocycles. The molecule has 7 rings (SSSR count). The van der Waals surface area contributed by atoms with Crippen molar-refractivity contribution in [1.82, 2.24) is 20.5 Å². The van der Waals surface area contributed by atoms with Crippen LogP contribution in [0.1, 0.15) is 70.9 Å². The number of carbonyl (C=O) groups is 3. The first-order valence-electron chi connectivity index (χ1n) is 14.7. The molecule has 7 nitrogen and oxygen atoms in total. The highest BCUT2D eigenvalue weighted by molar-refractivity contribution is 6.04. The molecule has 0 radical (unpaired) electrons. The molecule has 3 atom stereocenters. The number of benzene rings is 3. The van der Waals surface area contributed by atoms with E-state index >= 15 is 0 Å². The third kappa shape index (κ3) is 4.59. The lowest BCUT2D eigenvalue weighted by Gasteiger charge is -2.38. The number of H-pyrrole nitrogens is 1. The average Bonchev–Trinajstić information content (AvgIpc) is 3.53. The molecule has 1 aromatic heterocycles. The first kappa shape index (κ1) is 25.6. The quantitative estimate of drug-likeness (QED) is 0.324. The van der Waals surface area contributed by atoms with E-state index in [0.29, 0.717) is 18.4 Å². The number of fused-ring (bicyclic) bond motifs is 7. The number of nitrogens with one attached hydrogen (secondary N) is 3. The molecule has 3 heterocycles. The molecule has 3 aliphatic rings. The largest absolute Gasteiger partial charge is 0.356 e. The third-order valence-electron chi connectivity index (χ3n) is 9.02. The third-order valence-corrected chi connectivity index (χ3v) is 9.02. The zero-order valence-corrected chi connectivity index (χ0v) is 22.9. The molecule has 3 amide bonds. The number of hydrogen-bond acceptors (Lipinski definition) is 3. The maximum absolute atomic E-state index is 14.2. The topological polar surface area (TPSA) is 94.3 Å². The van der Waals surface area contributed by atoms with Gasteiger partial charge in [-0.3, -0.25) is 14.4 Å². The number of carbonyl (C=O) groups excluding carboxylic acids is 3. The van der Waals surface area contributed by atoms with Crippen LogP contribution in [0.4, 0.5) is 0 Å². The summed E-state index contributed by atoms with van der Waals surface area (Å²) in [7, 11) is 0. The highest BCUT2D eigenvalue weighted by atomic mass is 16.2. The molecule has 0 bridgehead atoms. The summed E-state index contributed by atoms with van der Waals surface area (Å²) in [6.07, 6.45) is 6.10. The van der Waals surface area contributed by atoms with Crippen LogP contribution in [-0.2, 0) is 22.4 Å². The minimum absolute atomic E-state index is 0.133. The molecule has 4 aromatic rings. The predicted octanol–water partition coefficient (Wildman–Crippen LogP) is 4.81. The van der Waals surface area contributed by atoms with Gasteiger partial charge in [0.15, 0.2) is 0 Å². The summed E-state index contributed by atoms with van der Waals surface area (Å²) >= 11 is 0. The van der Waals surface area contributed by atoms with Crippen LogP contribution in [0.5, 0.6) is 0 Å². The monoisotopic (exact) mass is 546 g/mol. The molecule has 0 unspecified atom stereocenters. The fourth-order valence-corrected chi connectivity index (χ4v) is 7.01. The standard InChI is InChI=1S/C34H34N4O3/c39-32(35-22-13-5-2-6-14-22)28(19-21-11-3-1-4-12-21)37-33(40)29-20-26-23-15-9-10-18-27(23)36-30(26)31-24-16-7-8-17-25(24)34(41)38(29)31/h1,3-4,7-12,15-18,22,28-29,31,36H,2,5-6,13-14,19-20H2,(H,35,39)(H,37,40)/t28-,29-,31+/m0/s1. The molecule has 1 saturated carbocycles. The van der Waals surface area contributed by atoms with E-state index in [-0.39, 0.29) is 29.8 Å². The zero-order valence-electron chi connectivity index (χ0n) is 22.9. The Bertz CT molecular complexity index is 1620. The summed E-state index contributed by atoms with van der Waals surface area (Å²) in [4.78, 5) is 46.9. The van der Waals surface area contributed by atoms with Gasteiger partial charge in [-0.05, 0) is 41.7 Å². The number of rotatable bonds is 6. The van der Waals surface area contributed by atoms with Gasteiger partial charge in [0.2, 0.25) is 11.8 Å². The van der Waals surface area contributed by atoms with E-state index in [1.807, 2.05) is 72.8 Å². The molecule has 3 N–H and O–H groups in total. The second kappa shape index (κ2) is 10.5. The number of nitrogens with zero attached hydrogens (tertiary/aromatic N) is 1. The maximum Gasteiger partial charge on any atom is 0.255 e. The van der Waals surface area contributed by atoms with Gasteiger partial charge in [-0.1, -0.05) is 86.0 Å². The van der Waals surface area contributed by atoms with Crippen LogP contribution in [0.15, 0.2) is 78.9 Å². The van der Waals surface area contributed by atoms with E-state index in [4.69, 9.17) is 0 Å². The number of aromatic amines is 1. The number of aromatic nitrogens is 1. The Morgan fingerprint density at radius 1 is 0.902 bits per heavy atom. The lowest BCUT2D eigenvalue weighted by molar-refractivity contribution is -0.132. The number of amides is 3. The number of para-hydroxylation sites is 1. The molecule has 1 fully saturated rings. The Labute approximate surface area is 239 Å². The fourth-order valence-electron chi connectivity index (χ4n) is 7.01. The molecule has 2 aliphatic heterocycles. The van der Waals surface area contributed by atoms with Crippen LogP contribution in [0.25, 0.3) is 10.9 Å². The smallest absolute Gasteiger partial charge is 0.255 e. The molecule has 0 spiro atoms. The van der Waals surface area contributed by atoms with Crippen LogP contribution in [0.3, 0.4) is 0 Å². The SMILES string of the molecule is O=C(NC1CCCCC1)[C@H](Cc1ccccc1)NC(=O)[C@@H]1Cc2c([nH]c3ccccc23)[C@H]2c3ccccc3C(=O)N21. The van der Waals surface area contributed by atoms with Crippen LogP contribution < -0.4 is 10.6 Å².